The lowest BCUT2D eigenvalue weighted by Crippen LogP contribution is -2.39. The Morgan fingerprint density at radius 2 is 1.79 bits per heavy atom. The predicted octanol–water partition coefficient (Wildman–Crippen LogP) is 3.42. The van der Waals surface area contributed by atoms with Gasteiger partial charge in [-0.25, -0.2) is 0 Å². The maximum atomic E-state index is 12.6. The number of aromatic nitrogens is 1. The number of rotatable bonds is 5. The normalized spacial score (nSPS) is 14.8. The highest BCUT2D eigenvalue weighted by Gasteiger charge is 2.56. The van der Waals surface area contributed by atoms with Gasteiger partial charge in [-0.1, -0.05) is 35.3 Å². The molecular weight excluding hydrogens is 349 g/mol. The van der Waals surface area contributed by atoms with Crippen LogP contribution in [0.5, 0.6) is 0 Å². The van der Waals surface area contributed by atoms with E-state index in [2.05, 4.69) is 15.6 Å². The van der Waals surface area contributed by atoms with Crippen LogP contribution in [-0.2, 0) is 16.1 Å². The highest BCUT2D eigenvalue weighted by molar-refractivity contribution is 6.40. The van der Waals surface area contributed by atoms with Gasteiger partial charge in [0.2, 0.25) is 11.8 Å². The average Bonchev–Trinajstić information content (AvgIpc) is 3.39. The second kappa shape index (κ2) is 6.79. The SMILES string of the molecule is O=C(NCc1cccnc1)C1(C(=O)Nc2c(Cl)cccc2Cl)CC1. The topological polar surface area (TPSA) is 71.1 Å². The van der Waals surface area contributed by atoms with Gasteiger partial charge in [-0.3, -0.25) is 14.6 Å². The van der Waals surface area contributed by atoms with Gasteiger partial charge in [0, 0.05) is 18.9 Å². The minimum Gasteiger partial charge on any atom is -0.351 e. The summed E-state index contributed by atoms with van der Waals surface area (Å²) in [6.07, 6.45) is 4.33. The zero-order chi connectivity index (χ0) is 17.2. The number of pyridine rings is 1. The molecular formula is C17H15Cl2N3O2. The van der Waals surface area contributed by atoms with Crippen LogP contribution in [-0.4, -0.2) is 16.8 Å². The fraction of sp³-hybridized carbons (Fsp3) is 0.235. The summed E-state index contributed by atoms with van der Waals surface area (Å²) in [5.74, 6) is -0.687. The number of benzene rings is 1. The summed E-state index contributed by atoms with van der Waals surface area (Å²) in [6, 6.07) is 8.60. The van der Waals surface area contributed by atoms with Crippen molar-refractivity contribution in [1.82, 2.24) is 10.3 Å². The maximum absolute atomic E-state index is 12.6. The summed E-state index contributed by atoms with van der Waals surface area (Å²) < 4.78 is 0. The van der Waals surface area contributed by atoms with Gasteiger partial charge in [0.1, 0.15) is 5.41 Å². The molecule has 3 rings (SSSR count). The predicted molar refractivity (Wildman–Crippen MR) is 92.8 cm³/mol. The number of anilines is 1. The van der Waals surface area contributed by atoms with Crippen molar-refractivity contribution < 1.29 is 9.59 Å². The number of carbonyl (C=O) groups is 2. The van der Waals surface area contributed by atoms with Gasteiger partial charge in [0.25, 0.3) is 0 Å². The van der Waals surface area contributed by atoms with Gasteiger partial charge in [-0.15, -0.1) is 0 Å². The third-order valence-electron chi connectivity index (χ3n) is 4.00. The van der Waals surface area contributed by atoms with Crippen molar-refractivity contribution in [3.05, 3.63) is 58.3 Å². The summed E-state index contributed by atoms with van der Waals surface area (Å²) in [4.78, 5) is 29.0. The van der Waals surface area contributed by atoms with Crippen molar-refractivity contribution in [2.75, 3.05) is 5.32 Å². The Kier molecular flexibility index (Phi) is 4.73. The number of nitrogens with one attached hydrogen (secondary N) is 2. The van der Waals surface area contributed by atoms with Crippen molar-refractivity contribution >= 4 is 40.7 Å². The molecule has 1 fully saturated rings. The van der Waals surface area contributed by atoms with Crippen molar-refractivity contribution in [3.63, 3.8) is 0 Å². The van der Waals surface area contributed by atoms with E-state index in [9.17, 15) is 9.59 Å². The van der Waals surface area contributed by atoms with E-state index in [1.165, 1.54) is 0 Å². The second-order valence-electron chi connectivity index (χ2n) is 5.68. The minimum absolute atomic E-state index is 0.299. The van der Waals surface area contributed by atoms with Crippen LogP contribution in [0.2, 0.25) is 10.0 Å². The lowest BCUT2D eigenvalue weighted by Gasteiger charge is -2.16. The van der Waals surface area contributed by atoms with Gasteiger partial charge < -0.3 is 10.6 Å². The first-order chi connectivity index (χ1) is 11.5. The standard InChI is InChI=1S/C17H15Cl2N3O2/c18-12-4-1-5-13(19)14(12)22-16(24)17(6-7-17)15(23)21-10-11-3-2-8-20-9-11/h1-5,8-9H,6-7,10H2,(H,21,23)(H,22,24). The molecule has 0 saturated heterocycles. The molecule has 1 saturated carbocycles. The van der Waals surface area contributed by atoms with Crippen LogP contribution in [0, 0.1) is 5.41 Å². The molecule has 1 aromatic heterocycles. The van der Waals surface area contributed by atoms with Crippen molar-refractivity contribution in [1.29, 1.82) is 0 Å². The van der Waals surface area contributed by atoms with Crippen LogP contribution in [0.1, 0.15) is 18.4 Å². The molecule has 0 aliphatic heterocycles. The Morgan fingerprint density at radius 3 is 2.38 bits per heavy atom. The van der Waals surface area contributed by atoms with Crippen molar-refractivity contribution in [3.8, 4) is 0 Å². The summed E-state index contributed by atoms with van der Waals surface area (Å²) in [5.41, 5.74) is 0.151. The Bertz CT molecular complexity index is 756. The molecule has 24 heavy (non-hydrogen) atoms. The van der Waals surface area contributed by atoms with Crippen LogP contribution in [0.25, 0.3) is 0 Å². The first kappa shape index (κ1) is 16.7. The van der Waals surface area contributed by atoms with Gasteiger partial charge in [0.15, 0.2) is 0 Å². The first-order valence-corrected chi connectivity index (χ1v) is 8.21. The molecule has 1 aliphatic rings. The molecule has 0 spiro atoms. The zero-order valence-electron chi connectivity index (χ0n) is 12.7. The molecule has 0 radical (unpaired) electrons. The number of hydrogen-bond acceptors (Lipinski definition) is 3. The number of halogens is 2. The van der Waals surface area contributed by atoms with Crippen LogP contribution >= 0.6 is 23.2 Å². The van der Waals surface area contributed by atoms with E-state index in [0.29, 0.717) is 35.1 Å². The zero-order valence-corrected chi connectivity index (χ0v) is 14.2. The van der Waals surface area contributed by atoms with Crippen LogP contribution in [0.4, 0.5) is 5.69 Å². The highest BCUT2D eigenvalue weighted by atomic mass is 35.5. The minimum atomic E-state index is -1.05. The van der Waals surface area contributed by atoms with E-state index < -0.39 is 5.41 Å². The number of para-hydroxylation sites is 1. The number of amides is 2. The van der Waals surface area contributed by atoms with Gasteiger partial charge >= 0.3 is 0 Å². The monoisotopic (exact) mass is 363 g/mol. The average molecular weight is 364 g/mol. The molecule has 1 heterocycles. The molecule has 5 nitrogen and oxygen atoms in total. The largest absolute Gasteiger partial charge is 0.351 e. The molecule has 0 unspecified atom stereocenters. The third-order valence-corrected chi connectivity index (χ3v) is 4.63. The molecule has 1 aliphatic carbocycles. The lowest BCUT2D eigenvalue weighted by atomic mass is 10.0. The Labute approximate surface area is 149 Å². The summed E-state index contributed by atoms with van der Waals surface area (Å²) >= 11 is 12.1. The quantitative estimate of drug-likeness (QED) is 0.799. The van der Waals surface area contributed by atoms with Crippen molar-refractivity contribution in [2.45, 2.75) is 19.4 Å². The number of nitrogens with zero attached hydrogens (tertiary/aromatic N) is 1. The fourth-order valence-electron chi connectivity index (χ4n) is 2.39. The van der Waals surface area contributed by atoms with Crippen LogP contribution < -0.4 is 10.6 Å². The van der Waals surface area contributed by atoms with Crippen molar-refractivity contribution in [2.24, 2.45) is 5.41 Å². The van der Waals surface area contributed by atoms with E-state index in [1.807, 2.05) is 6.07 Å². The number of hydrogen-bond donors (Lipinski definition) is 2. The van der Waals surface area contributed by atoms with Gasteiger partial charge in [0.05, 0.1) is 15.7 Å². The second-order valence-corrected chi connectivity index (χ2v) is 6.49. The Morgan fingerprint density at radius 1 is 1.08 bits per heavy atom. The van der Waals surface area contributed by atoms with Crippen LogP contribution in [0.15, 0.2) is 42.7 Å². The molecule has 0 atom stereocenters. The van der Waals surface area contributed by atoms with E-state index in [4.69, 9.17) is 23.2 Å². The highest BCUT2D eigenvalue weighted by Crippen LogP contribution is 2.47. The van der Waals surface area contributed by atoms with E-state index in [1.54, 1.807) is 36.7 Å². The van der Waals surface area contributed by atoms with Gasteiger partial charge in [-0.2, -0.15) is 0 Å². The Balaban J connectivity index is 1.67. The van der Waals surface area contributed by atoms with Gasteiger partial charge in [-0.05, 0) is 36.6 Å². The third kappa shape index (κ3) is 3.37. The molecule has 2 amide bonds. The summed E-state index contributed by atoms with van der Waals surface area (Å²) in [6.45, 7) is 0.328. The first-order valence-electron chi connectivity index (χ1n) is 7.45. The molecule has 7 heteroatoms. The smallest absolute Gasteiger partial charge is 0.240 e. The van der Waals surface area contributed by atoms with E-state index in [-0.39, 0.29) is 11.8 Å². The number of carbonyl (C=O) groups excluding carboxylic acids is 2. The fourth-order valence-corrected chi connectivity index (χ4v) is 2.88. The molecule has 124 valence electrons. The van der Waals surface area contributed by atoms with Crippen LogP contribution in [0.3, 0.4) is 0 Å². The Hall–Kier alpha value is -2.11. The van der Waals surface area contributed by atoms with E-state index in [0.717, 1.165) is 5.56 Å². The molecule has 2 N–H and O–H groups in total. The van der Waals surface area contributed by atoms with E-state index >= 15 is 0 Å². The lowest BCUT2D eigenvalue weighted by molar-refractivity contribution is -0.134. The molecule has 2 aromatic rings. The molecule has 1 aromatic carbocycles. The summed E-state index contributed by atoms with van der Waals surface area (Å²) in [7, 11) is 0. The molecule has 0 bridgehead atoms. The maximum Gasteiger partial charge on any atom is 0.240 e. The summed E-state index contributed by atoms with van der Waals surface area (Å²) in [5, 5.41) is 6.15.